The smallest absolute Gasteiger partial charge is 0.00841 e. The lowest BCUT2D eigenvalue weighted by atomic mass is 10.1. The fourth-order valence-electron chi connectivity index (χ4n) is 1.25. The van der Waals surface area contributed by atoms with Crippen molar-refractivity contribution in [3.63, 3.8) is 0 Å². The predicted molar refractivity (Wildman–Crippen MR) is 62.3 cm³/mol. The molecule has 0 saturated carbocycles. The lowest BCUT2D eigenvalue weighted by molar-refractivity contribution is 1.41. The molecule has 1 N–H and O–H groups in total. The van der Waals surface area contributed by atoms with Crippen molar-refractivity contribution in [3.05, 3.63) is 48.3 Å². The molecule has 0 fully saturated rings. The summed E-state index contributed by atoms with van der Waals surface area (Å²) >= 11 is 0. The molecule has 2 rings (SSSR count). The summed E-state index contributed by atoms with van der Waals surface area (Å²) in [7, 11) is 0. The normalized spacial score (nSPS) is 9.07. The minimum absolute atomic E-state index is 1.25. The maximum atomic E-state index is 3.04. The Hall–Kier alpha value is -1.50. The quantitative estimate of drug-likeness (QED) is 0.694. The maximum Gasteiger partial charge on any atom is 0.00841 e. The highest BCUT2D eigenvalue weighted by atomic mass is 14.6. The molecule has 0 spiro atoms. The summed E-state index contributed by atoms with van der Waals surface area (Å²) in [6, 6.07) is 10.6. The van der Waals surface area contributed by atoms with Gasteiger partial charge in [0.05, 0.1) is 0 Å². The number of aryl methyl sites for hydroxylation is 1. The Morgan fingerprint density at radius 2 is 1.50 bits per heavy atom. The van der Waals surface area contributed by atoms with Crippen LogP contribution in [0.15, 0.2) is 42.7 Å². The van der Waals surface area contributed by atoms with Crippen LogP contribution in [-0.4, -0.2) is 4.98 Å². The van der Waals surface area contributed by atoms with Crippen LogP contribution in [-0.2, 0) is 0 Å². The first kappa shape index (κ1) is 10.6. The van der Waals surface area contributed by atoms with Crippen LogP contribution in [0, 0.1) is 6.92 Å². The molecule has 1 aromatic heterocycles. The van der Waals surface area contributed by atoms with Gasteiger partial charge in [0.15, 0.2) is 0 Å². The molecule has 0 unspecified atom stereocenters. The molecule has 0 amide bonds. The topological polar surface area (TPSA) is 15.8 Å². The second-order valence-electron chi connectivity index (χ2n) is 2.97. The number of rotatable bonds is 1. The average Bonchev–Trinajstić information content (AvgIpc) is 2.75. The molecule has 0 bridgehead atoms. The molecular weight excluding hydrogens is 170 g/mol. The van der Waals surface area contributed by atoms with Crippen LogP contribution in [0.2, 0.25) is 0 Å². The van der Waals surface area contributed by atoms with E-state index in [0.29, 0.717) is 0 Å². The van der Waals surface area contributed by atoms with E-state index in [4.69, 9.17) is 0 Å². The Kier molecular flexibility index (Phi) is 3.99. The standard InChI is InChI=1S/C11H11N.C2H6/c1-9-2-4-10(5-3-9)11-6-7-12-8-11;1-2/h2-8,12H,1H3;1-2H3. The van der Waals surface area contributed by atoms with Gasteiger partial charge in [0.25, 0.3) is 0 Å². The van der Waals surface area contributed by atoms with Crippen LogP contribution >= 0.6 is 0 Å². The lowest BCUT2D eigenvalue weighted by Crippen LogP contribution is -1.74. The number of H-pyrrole nitrogens is 1. The molecule has 1 aromatic carbocycles. The van der Waals surface area contributed by atoms with E-state index in [0.717, 1.165) is 0 Å². The van der Waals surface area contributed by atoms with Crippen LogP contribution < -0.4 is 0 Å². The predicted octanol–water partition coefficient (Wildman–Crippen LogP) is 4.02. The zero-order valence-corrected chi connectivity index (χ0v) is 9.04. The monoisotopic (exact) mass is 187 g/mol. The largest absolute Gasteiger partial charge is 0.367 e. The van der Waals surface area contributed by atoms with E-state index in [1.807, 2.05) is 26.2 Å². The molecule has 1 heteroatoms. The zero-order chi connectivity index (χ0) is 10.4. The molecule has 1 heterocycles. The number of hydrogen-bond donors (Lipinski definition) is 1. The summed E-state index contributed by atoms with van der Waals surface area (Å²) in [4.78, 5) is 3.04. The third-order valence-corrected chi connectivity index (χ3v) is 1.98. The van der Waals surface area contributed by atoms with Gasteiger partial charge in [0, 0.05) is 12.4 Å². The van der Waals surface area contributed by atoms with Crippen molar-refractivity contribution in [3.8, 4) is 11.1 Å². The van der Waals surface area contributed by atoms with Crippen molar-refractivity contribution in [1.29, 1.82) is 0 Å². The van der Waals surface area contributed by atoms with Gasteiger partial charge in [-0.2, -0.15) is 0 Å². The first-order valence-corrected chi connectivity index (χ1v) is 5.06. The first-order chi connectivity index (χ1) is 6.86. The van der Waals surface area contributed by atoms with E-state index < -0.39 is 0 Å². The molecule has 0 aliphatic carbocycles. The van der Waals surface area contributed by atoms with Crippen LogP contribution in [0.4, 0.5) is 0 Å². The molecule has 0 saturated heterocycles. The number of benzene rings is 1. The fraction of sp³-hybridized carbons (Fsp3) is 0.231. The van der Waals surface area contributed by atoms with E-state index >= 15 is 0 Å². The van der Waals surface area contributed by atoms with Crippen molar-refractivity contribution >= 4 is 0 Å². The van der Waals surface area contributed by atoms with E-state index in [9.17, 15) is 0 Å². The van der Waals surface area contributed by atoms with E-state index in [2.05, 4.69) is 42.2 Å². The Morgan fingerprint density at radius 3 is 2.00 bits per heavy atom. The number of aromatic nitrogens is 1. The van der Waals surface area contributed by atoms with Crippen molar-refractivity contribution in [2.75, 3.05) is 0 Å². The molecule has 0 aliphatic heterocycles. The van der Waals surface area contributed by atoms with Crippen LogP contribution in [0.5, 0.6) is 0 Å². The van der Waals surface area contributed by atoms with Gasteiger partial charge in [0.2, 0.25) is 0 Å². The lowest BCUT2D eigenvalue weighted by Gasteiger charge is -1.97. The number of nitrogens with one attached hydrogen (secondary N) is 1. The first-order valence-electron chi connectivity index (χ1n) is 5.06. The van der Waals surface area contributed by atoms with Gasteiger partial charge in [-0.1, -0.05) is 43.7 Å². The van der Waals surface area contributed by atoms with E-state index in [1.54, 1.807) is 0 Å². The summed E-state index contributed by atoms with van der Waals surface area (Å²) < 4.78 is 0. The molecule has 0 aliphatic rings. The molecule has 0 radical (unpaired) electrons. The summed E-state index contributed by atoms with van der Waals surface area (Å²) in [5.41, 5.74) is 3.81. The van der Waals surface area contributed by atoms with Crippen molar-refractivity contribution < 1.29 is 0 Å². The molecule has 14 heavy (non-hydrogen) atoms. The second-order valence-corrected chi connectivity index (χ2v) is 2.97. The minimum atomic E-state index is 1.25. The van der Waals surface area contributed by atoms with Gasteiger partial charge >= 0.3 is 0 Å². The Balaban J connectivity index is 0.000000461. The van der Waals surface area contributed by atoms with Crippen LogP contribution in [0.25, 0.3) is 11.1 Å². The highest BCUT2D eigenvalue weighted by Crippen LogP contribution is 2.18. The molecule has 1 nitrogen and oxygen atoms in total. The van der Waals surface area contributed by atoms with Crippen molar-refractivity contribution in [2.45, 2.75) is 20.8 Å². The SMILES string of the molecule is CC.Cc1ccc(-c2cc[nH]c2)cc1. The third-order valence-electron chi connectivity index (χ3n) is 1.98. The molecular formula is C13H17N. The Labute approximate surface area is 85.8 Å². The van der Waals surface area contributed by atoms with Gasteiger partial charge in [-0.05, 0) is 24.1 Å². The Bertz CT molecular complexity index is 343. The number of aromatic amines is 1. The maximum absolute atomic E-state index is 3.04. The van der Waals surface area contributed by atoms with Crippen LogP contribution in [0.1, 0.15) is 19.4 Å². The van der Waals surface area contributed by atoms with E-state index in [-0.39, 0.29) is 0 Å². The second kappa shape index (κ2) is 5.28. The van der Waals surface area contributed by atoms with Gasteiger partial charge in [-0.3, -0.25) is 0 Å². The van der Waals surface area contributed by atoms with E-state index in [1.165, 1.54) is 16.7 Å². The van der Waals surface area contributed by atoms with Crippen LogP contribution in [0.3, 0.4) is 0 Å². The molecule has 2 aromatic rings. The van der Waals surface area contributed by atoms with Crippen molar-refractivity contribution in [1.82, 2.24) is 4.98 Å². The molecule has 74 valence electrons. The fourth-order valence-corrected chi connectivity index (χ4v) is 1.25. The number of hydrogen-bond acceptors (Lipinski definition) is 0. The van der Waals surface area contributed by atoms with Gasteiger partial charge in [-0.15, -0.1) is 0 Å². The van der Waals surface area contributed by atoms with Gasteiger partial charge < -0.3 is 4.98 Å². The molecule has 0 atom stereocenters. The summed E-state index contributed by atoms with van der Waals surface area (Å²) in [6.45, 7) is 6.10. The Morgan fingerprint density at radius 1 is 0.857 bits per heavy atom. The highest BCUT2D eigenvalue weighted by molar-refractivity contribution is 5.62. The summed E-state index contributed by atoms with van der Waals surface area (Å²) in [5.74, 6) is 0. The van der Waals surface area contributed by atoms with Gasteiger partial charge in [-0.25, -0.2) is 0 Å². The third kappa shape index (κ3) is 2.49. The summed E-state index contributed by atoms with van der Waals surface area (Å²) in [5, 5.41) is 0. The minimum Gasteiger partial charge on any atom is -0.367 e. The average molecular weight is 187 g/mol. The van der Waals surface area contributed by atoms with Crippen molar-refractivity contribution in [2.24, 2.45) is 0 Å². The van der Waals surface area contributed by atoms with Gasteiger partial charge in [0.1, 0.15) is 0 Å². The summed E-state index contributed by atoms with van der Waals surface area (Å²) in [6.07, 6.45) is 3.94. The highest BCUT2D eigenvalue weighted by Gasteiger charge is 1.94. The zero-order valence-electron chi connectivity index (χ0n) is 9.04.